The van der Waals surface area contributed by atoms with E-state index in [1.54, 1.807) is 0 Å². The lowest BCUT2D eigenvalue weighted by Crippen LogP contribution is -2.74. The molecule has 0 aliphatic heterocycles. The van der Waals surface area contributed by atoms with Gasteiger partial charge in [0.15, 0.2) is 0 Å². The fraction of sp³-hybridized carbons (Fsp3) is 0.938. The summed E-state index contributed by atoms with van der Waals surface area (Å²) in [6, 6.07) is 0. The van der Waals surface area contributed by atoms with Gasteiger partial charge in [0.1, 0.15) is 0 Å². The predicted molar refractivity (Wildman–Crippen MR) is 85.8 cm³/mol. The zero-order chi connectivity index (χ0) is 15.1. The van der Waals surface area contributed by atoms with Crippen molar-refractivity contribution in [2.75, 3.05) is 13.1 Å². The van der Waals surface area contributed by atoms with Crippen molar-refractivity contribution in [1.29, 1.82) is 0 Å². The van der Waals surface area contributed by atoms with Crippen LogP contribution in [0.3, 0.4) is 0 Å². The largest absolute Gasteiger partial charge is 0.358 e. The summed E-state index contributed by atoms with van der Waals surface area (Å²) in [6.07, 6.45) is 7.89. The van der Waals surface area contributed by atoms with Gasteiger partial charge in [0.05, 0.1) is 13.1 Å². The SMILES string of the molecule is CC(C)CCCC[NH3+].CC(N)=[NH+]CCCCC(C)C. The van der Waals surface area contributed by atoms with Crippen molar-refractivity contribution >= 4 is 5.84 Å². The second-order valence-electron chi connectivity index (χ2n) is 6.24. The molecule has 0 aromatic heterocycles. The van der Waals surface area contributed by atoms with E-state index in [2.05, 4.69) is 38.4 Å². The lowest BCUT2D eigenvalue weighted by molar-refractivity contribution is -0.459. The van der Waals surface area contributed by atoms with Crippen LogP contribution in [0.2, 0.25) is 0 Å². The van der Waals surface area contributed by atoms with Gasteiger partial charge in [-0.1, -0.05) is 40.5 Å². The quantitative estimate of drug-likeness (QED) is 0.331. The average molecular weight is 274 g/mol. The van der Waals surface area contributed by atoms with Gasteiger partial charge in [-0.25, -0.2) is 0 Å². The number of nitrogens with one attached hydrogen (secondary N) is 1. The maximum Gasteiger partial charge on any atom is 0.237 e. The summed E-state index contributed by atoms with van der Waals surface area (Å²) in [7, 11) is 0. The first-order valence-electron chi connectivity index (χ1n) is 8.02. The van der Waals surface area contributed by atoms with Crippen molar-refractivity contribution in [2.24, 2.45) is 17.6 Å². The molecule has 0 heterocycles. The number of rotatable bonds is 9. The van der Waals surface area contributed by atoms with Crippen molar-refractivity contribution in [3.05, 3.63) is 0 Å². The van der Waals surface area contributed by atoms with E-state index in [4.69, 9.17) is 5.73 Å². The molecule has 0 fully saturated rings. The molecule has 0 aromatic carbocycles. The molecule has 0 aromatic rings. The van der Waals surface area contributed by atoms with Crippen LogP contribution in [0.1, 0.15) is 73.1 Å². The molecule has 0 atom stereocenters. The highest BCUT2D eigenvalue weighted by Crippen LogP contribution is 2.04. The number of nitrogens with two attached hydrogens (primary N) is 1. The van der Waals surface area contributed by atoms with Crippen LogP contribution in [0, 0.1) is 11.8 Å². The van der Waals surface area contributed by atoms with Gasteiger partial charge < -0.3 is 5.73 Å². The van der Waals surface area contributed by atoms with E-state index in [0.717, 1.165) is 30.8 Å². The van der Waals surface area contributed by atoms with Crippen molar-refractivity contribution in [2.45, 2.75) is 73.1 Å². The van der Waals surface area contributed by atoms with Crippen LogP contribution in [-0.4, -0.2) is 18.9 Å². The lowest BCUT2D eigenvalue weighted by Gasteiger charge is -2.00. The highest BCUT2D eigenvalue weighted by molar-refractivity contribution is 5.70. The number of quaternary nitrogens is 1. The van der Waals surface area contributed by atoms with E-state index in [1.807, 2.05) is 6.92 Å². The molecule has 0 spiro atoms. The number of unbranched alkanes of at least 4 members (excludes halogenated alkanes) is 2. The first-order valence-corrected chi connectivity index (χ1v) is 8.02. The Hall–Kier alpha value is -0.570. The van der Waals surface area contributed by atoms with Gasteiger partial charge in [0.2, 0.25) is 5.84 Å². The highest BCUT2D eigenvalue weighted by atomic mass is 14.8. The Morgan fingerprint density at radius 1 is 0.947 bits per heavy atom. The molecular weight excluding hydrogens is 234 g/mol. The second kappa shape index (κ2) is 15.5. The normalized spacial score (nSPS) is 11.7. The monoisotopic (exact) mass is 273 g/mol. The summed E-state index contributed by atoms with van der Waals surface area (Å²) in [5, 5.41) is 0. The third-order valence-corrected chi connectivity index (χ3v) is 2.89. The van der Waals surface area contributed by atoms with E-state index >= 15 is 0 Å². The van der Waals surface area contributed by atoms with Gasteiger partial charge in [0, 0.05) is 6.92 Å². The first kappa shape index (κ1) is 20.7. The third-order valence-electron chi connectivity index (χ3n) is 2.89. The van der Waals surface area contributed by atoms with Crippen molar-refractivity contribution in [3.8, 4) is 0 Å². The third kappa shape index (κ3) is 26.9. The Bertz CT molecular complexity index is 194. The molecule has 0 saturated carbocycles. The van der Waals surface area contributed by atoms with Crippen LogP contribution in [0.5, 0.6) is 0 Å². The standard InChI is InChI=1S/C9H20N2.C7H17N/c1-8(2)6-4-5-7-11-9(3)10;1-7(2)5-3-4-6-8/h8H,4-7H2,1-3H3,(H2,10,11);7H,3-6,8H2,1-2H3/p+2. The first-order chi connectivity index (χ1) is 8.90. The zero-order valence-corrected chi connectivity index (χ0v) is 14.1. The van der Waals surface area contributed by atoms with Crippen LogP contribution in [0.25, 0.3) is 0 Å². The summed E-state index contributed by atoms with van der Waals surface area (Å²) in [5.41, 5.74) is 9.22. The zero-order valence-electron chi connectivity index (χ0n) is 14.1. The Balaban J connectivity index is 0. The fourth-order valence-corrected chi connectivity index (χ4v) is 1.69. The van der Waals surface area contributed by atoms with Gasteiger partial charge in [-0.05, 0) is 37.5 Å². The summed E-state index contributed by atoms with van der Waals surface area (Å²) in [5.74, 6) is 2.54. The molecule has 6 N–H and O–H groups in total. The fourth-order valence-electron chi connectivity index (χ4n) is 1.69. The van der Waals surface area contributed by atoms with E-state index in [9.17, 15) is 0 Å². The topological polar surface area (TPSA) is 67.6 Å². The van der Waals surface area contributed by atoms with Crippen LogP contribution in [0.4, 0.5) is 0 Å². The molecule has 0 rings (SSSR count). The average Bonchev–Trinajstić information content (AvgIpc) is 2.28. The van der Waals surface area contributed by atoms with E-state index in [0.29, 0.717) is 0 Å². The molecule has 0 unspecified atom stereocenters. The number of hydrogen-bond donors (Lipinski definition) is 3. The van der Waals surface area contributed by atoms with Crippen LogP contribution in [0.15, 0.2) is 0 Å². The minimum Gasteiger partial charge on any atom is -0.358 e. The molecule has 3 heteroatoms. The van der Waals surface area contributed by atoms with Crippen LogP contribution in [-0.2, 0) is 0 Å². The summed E-state index contributed by atoms with van der Waals surface area (Å²) < 4.78 is 0. The molecule has 0 aliphatic carbocycles. The molecule has 0 aliphatic rings. The predicted octanol–water partition coefficient (Wildman–Crippen LogP) is 1.33. The Morgan fingerprint density at radius 3 is 1.79 bits per heavy atom. The Labute approximate surface area is 121 Å². The van der Waals surface area contributed by atoms with Gasteiger partial charge in [0.25, 0.3) is 0 Å². The maximum atomic E-state index is 5.44. The maximum absolute atomic E-state index is 5.44. The number of hydrogen-bond acceptors (Lipinski definition) is 0. The summed E-state index contributed by atoms with van der Waals surface area (Å²) in [4.78, 5) is 3.11. The highest BCUT2D eigenvalue weighted by Gasteiger charge is 1.94. The molecular formula is C16H39N3+2. The number of amidine groups is 1. The van der Waals surface area contributed by atoms with Crippen molar-refractivity contribution in [1.82, 2.24) is 0 Å². The van der Waals surface area contributed by atoms with Gasteiger partial charge in [-0.2, -0.15) is 0 Å². The summed E-state index contributed by atoms with van der Waals surface area (Å²) in [6.45, 7) is 13.1. The van der Waals surface area contributed by atoms with Gasteiger partial charge >= 0.3 is 0 Å². The second-order valence-corrected chi connectivity index (χ2v) is 6.24. The van der Waals surface area contributed by atoms with Crippen LogP contribution < -0.4 is 16.5 Å². The molecule has 19 heavy (non-hydrogen) atoms. The Morgan fingerprint density at radius 2 is 1.42 bits per heavy atom. The molecule has 3 nitrogen and oxygen atoms in total. The molecule has 0 amide bonds. The molecule has 116 valence electrons. The van der Waals surface area contributed by atoms with Crippen molar-refractivity contribution < 1.29 is 10.7 Å². The van der Waals surface area contributed by atoms with Crippen molar-refractivity contribution in [3.63, 3.8) is 0 Å². The Kier molecular flexibility index (Phi) is 16.9. The van der Waals surface area contributed by atoms with E-state index in [1.165, 1.54) is 38.5 Å². The molecule has 0 radical (unpaired) electrons. The summed E-state index contributed by atoms with van der Waals surface area (Å²) >= 11 is 0. The van der Waals surface area contributed by atoms with Crippen LogP contribution >= 0.6 is 0 Å². The van der Waals surface area contributed by atoms with Gasteiger partial charge in [-0.15, -0.1) is 0 Å². The van der Waals surface area contributed by atoms with E-state index in [-0.39, 0.29) is 0 Å². The smallest absolute Gasteiger partial charge is 0.237 e. The van der Waals surface area contributed by atoms with E-state index < -0.39 is 0 Å². The minimum atomic E-state index is 0.828. The lowest BCUT2D eigenvalue weighted by atomic mass is 10.1. The minimum absolute atomic E-state index is 0.828. The van der Waals surface area contributed by atoms with Gasteiger partial charge in [-0.3, -0.25) is 10.7 Å². The molecule has 0 saturated heterocycles. The molecule has 0 bridgehead atoms.